The first-order valence-electron chi connectivity index (χ1n) is 11.5. The van der Waals surface area contributed by atoms with Gasteiger partial charge in [0.1, 0.15) is 17.2 Å². The summed E-state index contributed by atoms with van der Waals surface area (Å²) in [5, 5.41) is 9.30. The maximum atomic E-state index is 12.9. The topological polar surface area (TPSA) is 106 Å². The molecule has 31 heavy (non-hydrogen) atoms. The van der Waals surface area contributed by atoms with E-state index in [1.807, 2.05) is 17.0 Å². The van der Waals surface area contributed by atoms with Gasteiger partial charge in [0.2, 0.25) is 5.91 Å². The van der Waals surface area contributed by atoms with Gasteiger partial charge in [-0.05, 0) is 50.7 Å². The molecule has 2 unspecified atom stereocenters. The number of fused-ring (bicyclic) bond motifs is 1. The van der Waals surface area contributed by atoms with Crippen molar-refractivity contribution in [1.82, 2.24) is 24.8 Å². The lowest BCUT2D eigenvalue weighted by atomic mass is 9.96. The molecular weight excluding hydrogens is 396 g/mol. The van der Waals surface area contributed by atoms with Crippen molar-refractivity contribution in [3.63, 3.8) is 0 Å². The predicted molar refractivity (Wildman–Crippen MR) is 116 cm³/mol. The second-order valence-electron chi connectivity index (χ2n) is 9.04. The molecule has 2 amide bonds. The number of aromatic amines is 1. The second kappa shape index (κ2) is 8.36. The molecule has 2 aromatic rings. The molecule has 0 aromatic carbocycles. The Bertz CT molecular complexity index is 969. The van der Waals surface area contributed by atoms with Crippen LogP contribution in [0, 0.1) is 5.92 Å². The largest absolute Gasteiger partial charge is 0.465 e. The van der Waals surface area contributed by atoms with E-state index in [-0.39, 0.29) is 11.8 Å². The molecule has 3 saturated heterocycles. The highest BCUT2D eigenvalue weighted by Crippen LogP contribution is 2.29. The van der Waals surface area contributed by atoms with E-state index in [0.29, 0.717) is 25.5 Å². The normalized spacial score (nSPS) is 24.7. The molecule has 2 atom stereocenters. The number of nitrogens with one attached hydrogen (secondary N) is 1. The number of nitrogens with zero attached hydrogens (tertiary/aromatic N) is 5. The van der Waals surface area contributed by atoms with E-state index < -0.39 is 6.09 Å². The maximum absolute atomic E-state index is 12.9. The fourth-order valence-corrected chi connectivity index (χ4v) is 5.23. The van der Waals surface area contributed by atoms with Crippen LogP contribution < -0.4 is 4.90 Å². The number of amides is 2. The minimum absolute atomic E-state index is 0.0471. The Hall–Kier alpha value is -2.84. The predicted octanol–water partition coefficient (Wildman–Crippen LogP) is 2.65. The summed E-state index contributed by atoms with van der Waals surface area (Å²) in [5.74, 6) is 2.10. The number of hydrogen-bond acceptors (Lipinski definition) is 5. The van der Waals surface area contributed by atoms with Gasteiger partial charge < -0.3 is 24.8 Å². The van der Waals surface area contributed by atoms with Crippen molar-refractivity contribution in [3.8, 4) is 0 Å². The fraction of sp³-hybridized carbons (Fsp3) is 0.636. The van der Waals surface area contributed by atoms with Gasteiger partial charge in [-0.1, -0.05) is 0 Å². The zero-order valence-corrected chi connectivity index (χ0v) is 17.8. The molecule has 0 aliphatic carbocycles. The molecule has 0 saturated carbocycles. The number of hydrogen-bond donors (Lipinski definition) is 2. The van der Waals surface area contributed by atoms with Gasteiger partial charge in [0.05, 0.1) is 5.92 Å². The Kier molecular flexibility index (Phi) is 5.41. The van der Waals surface area contributed by atoms with Crippen LogP contribution in [0.1, 0.15) is 50.3 Å². The Morgan fingerprint density at radius 3 is 2.52 bits per heavy atom. The first-order chi connectivity index (χ1) is 15.1. The average Bonchev–Trinajstić information content (AvgIpc) is 3.48. The molecule has 3 aliphatic heterocycles. The third-order valence-corrected chi connectivity index (χ3v) is 6.94. The highest BCUT2D eigenvalue weighted by Gasteiger charge is 2.31. The molecule has 0 radical (unpaired) electrons. The van der Waals surface area contributed by atoms with Crippen molar-refractivity contribution in [2.75, 3.05) is 44.2 Å². The number of likely N-dealkylation sites (tertiary alicyclic amines) is 2. The van der Waals surface area contributed by atoms with Crippen LogP contribution >= 0.6 is 0 Å². The minimum Gasteiger partial charge on any atom is -0.465 e. The summed E-state index contributed by atoms with van der Waals surface area (Å²) in [6, 6.07) is 3.96. The van der Waals surface area contributed by atoms with Crippen LogP contribution in [0.15, 0.2) is 12.1 Å². The summed E-state index contributed by atoms with van der Waals surface area (Å²) in [7, 11) is 0. The first kappa shape index (κ1) is 20.1. The van der Waals surface area contributed by atoms with Crippen LogP contribution in [0.5, 0.6) is 0 Å². The van der Waals surface area contributed by atoms with Gasteiger partial charge in [-0.3, -0.25) is 4.79 Å². The van der Waals surface area contributed by atoms with Gasteiger partial charge >= 0.3 is 6.09 Å². The maximum Gasteiger partial charge on any atom is 0.407 e. The monoisotopic (exact) mass is 426 g/mol. The molecule has 5 rings (SSSR count). The van der Waals surface area contributed by atoms with Crippen LogP contribution in [0.2, 0.25) is 0 Å². The van der Waals surface area contributed by atoms with Crippen molar-refractivity contribution in [2.45, 2.75) is 44.4 Å². The molecule has 3 aliphatic rings. The number of rotatable bonds is 3. The number of carbonyl (C=O) groups excluding carboxylic acids is 1. The number of H-pyrrole nitrogens is 1. The Labute approximate surface area is 181 Å². The highest BCUT2D eigenvalue weighted by molar-refractivity contribution is 5.80. The molecule has 9 nitrogen and oxygen atoms in total. The summed E-state index contributed by atoms with van der Waals surface area (Å²) in [4.78, 5) is 42.7. The van der Waals surface area contributed by atoms with Gasteiger partial charge in [-0.15, -0.1) is 0 Å². The van der Waals surface area contributed by atoms with E-state index in [2.05, 4.69) is 9.88 Å². The third kappa shape index (κ3) is 4.05. The molecule has 5 heterocycles. The highest BCUT2D eigenvalue weighted by atomic mass is 16.4. The van der Waals surface area contributed by atoms with Crippen LogP contribution in [-0.2, 0) is 4.79 Å². The van der Waals surface area contributed by atoms with Gasteiger partial charge in [-0.2, -0.15) is 0 Å². The number of piperidine rings is 2. The Morgan fingerprint density at radius 1 is 0.935 bits per heavy atom. The molecule has 166 valence electrons. The first-order valence-corrected chi connectivity index (χ1v) is 11.5. The number of aromatic nitrogens is 3. The average molecular weight is 427 g/mol. The van der Waals surface area contributed by atoms with E-state index in [1.54, 1.807) is 0 Å². The zero-order chi connectivity index (χ0) is 21.4. The van der Waals surface area contributed by atoms with Crippen molar-refractivity contribution < 1.29 is 14.7 Å². The van der Waals surface area contributed by atoms with E-state index in [4.69, 9.17) is 9.97 Å². The van der Waals surface area contributed by atoms with Crippen LogP contribution in [0.25, 0.3) is 11.2 Å². The molecule has 0 bridgehead atoms. The SMILES string of the molecule is O=C(O)N1CCCC(c2nc3ccc(N4CCCC(C(=O)N5CCCC5)C4)nc3[nH]2)C1. The number of imidazole rings is 1. The van der Waals surface area contributed by atoms with Gasteiger partial charge in [0.25, 0.3) is 0 Å². The molecule has 3 fully saturated rings. The lowest BCUT2D eigenvalue weighted by Gasteiger charge is -2.34. The van der Waals surface area contributed by atoms with E-state index in [9.17, 15) is 14.7 Å². The van der Waals surface area contributed by atoms with E-state index >= 15 is 0 Å². The molecular formula is C22H30N6O3. The lowest BCUT2D eigenvalue weighted by Crippen LogP contribution is -2.44. The van der Waals surface area contributed by atoms with Crippen molar-refractivity contribution in [2.24, 2.45) is 5.92 Å². The van der Waals surface area contributed by atoms with Crippen LogP contribution in [-0.4, -0.2) is 81.1 Å². The number of pyridine rings is 1. The standard InChI is InChI=1S/C22H30N6O3/c29-21(26-9-1-2-10-26)16-6-4-11-27(14-16)18-8-7-17-20(24-18)25-19(23-17)15-5-3-12-28(13-15)22(30)31/h7-8,15-16H,1-6,9-14H2,(H,30,31)(H,23,24,25). The fourth-order valence-electron chi connectivity index (χ4n) is 5.23. The minimum atomic E-state index is -0.871. The summed E-state index contributed by atoms with van der Waals surface area (Å²) >= 11 is 0. The molecule has 0 spiro atoms. The summed E-state index contributed by atoms with van der Waals surface area (Å²) in [6.45, 7) is 4.47. The van der Waals surface area contributed by atoms with Crippen molar-refractivity contribution in [1.29, 1.82) is 0 Å². The van der Waals surface area contributed by atoms with Crippen molar-refractivity contribution >= 4 is 29.0 Å². The van der Waals surface area contributed by atoms with Gasteiger partial charge in [0.15, 0.2) is 5.65 Å². The number of anilines is 1. The lowest BCUT2D eigenvalue weighted by molar-refractivity contribution is -0.134. The van der Waals surface area contributed by atoms with Crippen LogP contribution in [0.4, 0.5) is 10.6 Å². The Morgan fingerprint density at radius 2 is 1.71 bits per heavy atom. The number of carboxylic acid groups (broad SMARTS) is 1. The summed E-state index contributed by atoms with van der Waals surface area (Å²) in [6.07, 6.45) is 5.07. The molecule has 2 N–H and O–H groups in total. The third-order valence-electron chi connectivity index (χ3n) is 6.94. The van der Waals surface area contributed by atoms with E-state index in [1.165, 1.54) is 4.90 Å². The number of carbonyl (C=O) groups is 2. The summed E-state index contributed by atoms with van der Waals surface area (Å²) < 4.78 is 0. The summed E-state index contributed by atoms with van der Waals surface area (Å²) in [5.41, 5.74) is 1.53. The second-order valence-corrected chi connectivity index (χ2v) is 9.04. The smallest absolute Gasteiger partial charge is 0.407 e. The van der Waals surface area contributed by atoms with Gasteiger partial charge in [-0.25, -0.2) is 14.8 Å². The zero-order valence-electron chi connectivity index (χ0n) is 17.8. The van der Waals surface area contributed by atoms with Crippen molar-refractivity contribution in [3.05, 3.63) is 18.0 Å². The van der Waals surface area contributed by atoms with E-state index in [0.717, 1.165) is 81.0 Å². The molecule has 9 heteroatoms. The Balaban J connectivity index is 1.31. The quantitative estimate of drug-likeness (QED) is 0.782. The van der Waals surface area contributed by atoms with Gasteiger partial charge in [0, 0.05) is 45.2 Å². The van der Waals surface area contributed by atoms with Crippen LogP contribution in [0.3, 0.4) is 0 Å². The molecule has 2 aromatic heterocycles.